The number of rotatable bonds is 9. The van der Waals surface area contributed by atoms with Crippen LogP contribution in [0.4, 0.5) is 0 Å². The van der Waals surface area contributed by atoms with Crippen LogP contribution in [0.15, 0.2) is 11.2 Å². The zero-order valence-corrected chi connectivity index (χ0v) is 11.7. The van der Waals surface area contributed by atoms with E-state index in [2.05, 4.69) is 21.6 Å². The summed E-state index contributed by atoms with van der Waals surface area (Å²) in [5, 5.41) is 0.105. The van der Waals surface area contributed by atoms with E-state index in [0.717, 1.165) is 12.8 Å². The Morgan fingerprint density at radius 2 is 2.17 bits per heavy atom. The van der Waals surface area contributed by atoms with Crippen LogP contribution in [-0.4, -0.2) is 38.1 Å². The van der Waals surface area contributed by atoms with Gasteiger partial charge in [0.15, 0.2) is 5.03 Å². The fourth-order valence-corrected chi connectivity index (χ4v) is 2.29. The van der Waals surface area contributed by atoms with Crippen LogP contribution in [0.2, 0.25) is 0 Å². The number of aryl methyl sites for hydroxylation is 1. The van der Waals surface area contributed by atoms with Crippen LogP contribution in [0.25, 0.3) is 0 Å². The summed E-state index contributed by atoms with van der Waals surface area (Å²) in [4.78, 5) is 6.73. The Labute approximate surface area is 108 Å². The van der Waals surface area contributed by atoms with Crippen molar-refractivity contribution in [2.45, 2.75) is 38.1 Å². The Balaban J connectivity index is 2.36. The molecule has 1 aromatic rings. The summed E-state index contributed by atoms with van der Waals surface area (Å²) in [5.41, 5.74) is 0. The van der Waals surface area contributed by atoms with Crippen LogP contribution in [0, 0.1) is 0 Å². The number of aromatic nitrogens is 2. The molecule has 1 aromatic heterocycles. The molecule has 1 rings (SSSR count). The van der Waals surface area contributed by atoms with Crippen molar-refractivity contribution in [3.05, 3.63) is 12.0 Å². The highest BCUT2D eigenvalue weighted by Gasteiger charge is 2.15. The van der Waals surface area contributed by atoms with E-state index in [1.165, 1.54) is 6.20 Å². The molecule has 0 aromatic carbocycles. The van der Waals surface area contributed by atoms with Gasteiger partial charge in [-0.1, -0.05) is 20.3 Å². The third-order valence-corrected chi connectivity index (χ3v) is 3.78. The molecule has 0 aliphatic carbocycles. The van der Waals surface area contributed by atoms with Crippen LogP contribution in [0.5, 0.6) is 0 Å². The molecule has 0 saturated heterocycles. The number of nitrogens with zero attached hydrogens (tertiary/aromatic N) is 1. The molecule has 0 saturated carbocycles. The number of sulfonamides is 1. The molecule has 0 aliphatic rings. The molecule has 0 bridgehead atoms. The maximum Gasteiger partial charge on any atom is 0.257 e. The second kappa shape index (κ2) is 7.50. The molecular weight excluding hydrogens is 254 g/mol. The number of aromatic amines is 1. The number of unbranched alkanes of at least 4 members (excludes halogenated alkanes) is 1. The Morgan fingerprint density at radius 1 is 1.39 bits per heavy atom. The first-order valence-electron chi connectivity index (χ1n) is 6.21. The number of hydrogen-bond donors (Lipinski definition) is 2. The fourth-order valence-electron chi connectivity index (χ4n) is 1.33. The summed E-state index contributed by atoms with van der Waals surface area (Å²) < 4.78 is 31.4. The van der Waals surface area contributed by atoms with Crippen LogP contribution < -0.4 is 4.72 Å². The minimum absolute atomic E-state index is 0.105. The molecule has 6 nitrogen and oxygen atoms in total. The lowest BCUT2D eigenvalue weighted by Crippen LogP contribution is -2.27. The lowest BCUT2D eigenvalue weighted by atomic mass is 10.4. The summed E-state index contributed by atoms with van der Waals surface area (Å²) in [6.07, 6.45) is 4.07. The van der Waals surface area contributed by atoms with Crippen molar-refractivity contribution in [2.75, 3.05) is 19.8 Å². The molecule has 0 spiro atoms. The molecule has 18 heavy (non-hydrogen) atoms. The van der Waals surface area contributed by atoms with E-state index in [1.807, 2.05) is 6.92 Å². The molecule has 2 N–H and O–H groups in total. The first-order valence-corrected chi connectivity index (χ1v) is 7.69. The number of imidazole rings is 1. The van der Waals surface area contributed by atoms with Gasteiger partial charge in [-0.2, -0.15) is 0 Å². The van der Waals surface area contributed by atoms with E-state index in [-0.39, 0.29) is 11.6 Å². The third-order valence-electron chi connectivity index (χ3n) is 2.41. The highest BCUT2D eigenvalue weighted by Crippen LogP contribution is 2.05. The first kappa shape index (κ1) is 15.1. The quantitative estimate of drug-likeness (QED) is 0.660. The molecule has 0 unspecified atom stereocenters. The van der Waals surface area contributed by atoms with Crippen molar-refractivity contribution in [1.29, 1.82) is 0 Å². The predicted octanol–water partition coefficient (Wildman–Crippen LogP) is 1.07. The van der Waals surface area contributed by atoms with Crippen molar-refractivity contribution in [2.24, 2.45) is 0 Å². The minimum Gasteiger partial charge on any atom is -0.380 e. The van der Waals surface area contributed by atoms with Gasteiger partial charge in [0.25, 0.3) is 10.0 Å². The fraction of sp³-hybridized carbons (Fsp3) is 0.727. The smallest absolute Gasteiger partial charge is 0.257 e. The average Bonchev–Trinajstić information content (AvgIpc) is 2.83. The first-order chi connectivity index (χ1) is 8.60. The summed E-state index contributed by atoms with van der Waals surface area (Å²) in [5.74, 6) is 0.662. The summed E-state index contributed by atoms with van der Waals surface area (Å²) in [6.45, 7) is 5.31. The predicted molar refractivity (Wildman–Crippen MR) is 68.9 cm³/mol. The SMILES string of the molecule is CCCCOCCNS(=O)(=O)c1cnc(CC)[nH]1. The van der Waals surface area contributed by atoms with Crippen molar-refractivity contribution < 1.29 is 13.2 Å². The van der Waals surface area contributed by atoms with Gasteiger partial charge in [0.2, 0.25) is 0 Å². The maximum absolute atomic E-state index is 11.8. The Bertz CT molecular complexity index is 442. The van der Waals surface area contributed by atoms with Gasteiger partial charge in [-0.3, -0.25) is 0 Å². The second-order valence-corrected chi connectivity index (χ2v) is 5.65. The van der Waals surface area contributed by atoms with Gasteiger partial charge in [-0.25, -0.2) is 18.1 Å². The monoisotopic (exact) mass is 275 g/mol. The maximum atomic E-state index is 11.8. The zero-order chi connectivity index (χ0) is 13.4. The van der Waals surface area contributed by atoms with Gasteiger partial charge in [0.05, 0.1) is 12.8 Å². The molecule has 0 radical (unpaired) electrons. The number of nitrogens with one attached hydrogen (secondary N) is 2. The second-order valence-electron chi connectivity index (χ2n) is 3.91. The Kier molecular flexibility index (Phi) is 6.31. The molecule has 7 heteroatoms. The van der Waals surface area contributed by atoms with E-state index in [9.17, 15) is 8.42 Å². The van der Waals surface area contributed by atoms with Crippen LogP contribution >= 0.6 is 0 Å². The van der Waals surface area contributed by atoms with Gasteiger partial charge in [-0.05, 0) is 6.42 Å². The average molecular weight is 275 g/mol. The Hall–Kier alpha value is -0.920. The minimum atomic E-state index is -3.49. The lowest BCUT2D eigenvalue weighted by molar-refractivity contribution is 0.136. The highest BCUT2D eigenvalue weighted by molar-refractivity contribution is 7.89. The van der Waals surface area contributed by atoms with E-state index in [1.54, 1.807) is 0 Å². The van der Waals surface area contributed by atoms with Gasteiger partial charge in [0, 0.05) is 19.6 Å². The van der Waals surface area contributed by atoms with Gasteiger partial charge < -0.3 is 9.72 Å². The molecule has 0 fully saturated rings. The Morgan fingerprint density at radius 3 is 2.78 bits per heavy atom. The topological polar surface area (TPSA) is 84.1 Å². The summed E-state index contributed by atoms with van der Waals surface area (Å²) >= 11 is 0. The largest absolute Gasteiger partial charge is 0.380 e. The van der Waals surface area contributed by atoms with Crippen molar-refractivity contribution in [3.63, 3.8) is 0 Å². The zero-order valence-electron chi connectivity index (χ0n) is 10.9. The molecule has 0 amide bonds. The van der Waals surface area contributed by atoms with Gasteiger partial charge in [-0.15, -0.1) is 0 Å². The van der Waals surface area contributed by atoms with E-state index in [4.69, 9.17) is 4.74 Å². The third kappa shape index (κ3) is 4.75. The number of hydrogen-bond acceptors (Lipinski definition) is 4. The van der Waals surface area contributed by atoms with Gasteiger partial charge in [0.1, 0.15) is 5.82 Å². The number of ether oxygens (including phenoxy) is 1. The van der Waals surface area contributed by atoms with Crippen molar-refractivity contribution in [1.82, 2.24) is 14.7 Å². The molecule has 0 aliphatic heterocycles. The molecule has 104 valence electrons. The molecule has 0 atom stereocenters. The molecule has 1 heterocycles. The summed E-state index contributed by atoms with van der Waals surface area (Å²) in [6, 6.07) is 0. The normalized spacial score (nSPS) is 11.9. The van der Waals surface area contributed by atoms with Gasteiger partial charge >= 0.3 is 0 Å². The van der Waals surface area contributed by atoms with Crippen molar-refractivity contribution in [3.8, 4) is 0 Å². The molecular formula is C11H21N3O3S. The van der Waals surface area contributed by atoms with E-state index >= 15 is 0 Å². The van der Waals surface area contributed by atoms with Crippen LogP contribution in [-0.2, 0) is 21.2 Å². The lowest BCUT2D eigenvalue weighted by Gasteiger charge is -2.05. The number of H-pyrrole nitrogens is 1. The highest BCUT2D eigenvalue weighted by atomic mass is 32.2. The van der Waals surface area contributed by atoms with E-state index in [0.29, 0.717) is 25.5 Å². The summed E-state index contributed by atoms with van der Waals surface area (Å²) in [7, 11) is -3.49. The standard InChI is InChI=1S/C11H21N3O3S/c1-3-5-7-17-8-6-13-18(15,16)11-9-12-10(4-2)14-11/h9,13H,3-8H2,1-2H3,(H,12,14). The van der Waals surface area contributed by atoms with Crippen molar-refractivity contribution >= 4 is 10.0 Å². The van der Waals surface area contributed by atoms with E-state index < -0.39 is 10.0 Å². The van der Waals surface area contributed by atoms with Crippen LogP contribution in [0.1, 0.15) is 32.5 Å². The van der Waals surface area contributed by atoms with Crippen LogP contribution in [0.3, 0.4) is 0 Å².